The SMILES string of the molecule is Cc1cc(F)cc(-c2cncc(-c3nc4ccc(Cl)cc4[nH]3)c2N2CCC(NC(=O)OCc3oc(=O)oc3C)CC2)c1. The Bertz CT molecular complexity index is 1820. The summed E-state index contributed by atoms with van der Waals surface area (Å²) in [5, 5.41) is 3.48. The number of aryl methyl sites for hydroxylation is 2. The number of hydrogen-bond donors (Lipinski definition) is 2. The maximum atomic E-state index is 14.5. The van der Waals surface area contributed by atoms with Gasteiger partial charge in [0, 0.05) is 42.1 Å². The predicted molar refractivity (Wildman–Crippen MR) is 155 cm³/mol. The Kier molecular flexibility index (Phi) is 7.42. The number of anilines is 1. The number of carbonyl (C=O) groups excluding carboxylic acids is 1. The number of hydrogen-bond acceptors (Lipinski definition) is 8. The Morgan fingerprint density at radius 1 is 1.14 bits per heavy atom. The molecule has 216 valence electrons. The van der Waals surface area contributed by atoms with Gasteiger partial charge in [0.25, 0.3) is 0 Å². The fourth-order valence-electron chi connectivity index (χ4n) is 5.27. The quantitative estimate of drug-likeness (QED) is 0.241. The van der Waals surface area contributed by atoms with Crippen LogP contribution in [0, 0.1) is 19.7 Å². The van der Waals surface area contributed by atoms with Crippen molar-refractivity contribution in [1.82, 2.24) is 20.3 Å². The Balaban J connectivity index is 1.26. The van der Waals surface area contributed by atoms with Gasteiger partial charge in [0.05, 0.1) is 22.3 Å². The van der Waals surface area contributed by atoms with Crippen molar-refractivity contribution in [3.63, 3.8) is 0 Å². The second-order valence-electron chi connectivity index (χ2n) is 10.3. The van der Waals surface area contributed by atoms with E-state index in [4.69, 9.17) is 30.2 Å². The Morgan fingerprint density at radius 2 is 1.93 bits per heavy atom. The summed E-state index contributed by atoms with van der Waals surface area (Å²) in [6, 6.07) is 10.2. The molecule has 1 amide bonds. The molecule has 2 N–H and O–H groups in total. The number of fused-ring (bicyclic) bond motifs is 1. The van der Waals surface area contributed by atoms with Gasteiger partial charge in [0.15, 0.2) is 18.1 Å². The molecule has 42 heavy (non-hydrogen) atoms. The first-order chi connectivity index (χ1) is 20.2. The average Bonchev–Trinajstić information content (AvgIpc) is 3.52. The number of H-pyrrole nitrogens is 1. The van der Waals surface area contributed by atoms with Crippen LogP contribution in [0.3, 0.4) is 0 Å². The highest BCUT2D eigenvalue weighted by molar-refractivity contribution is 6.31. The van der Waals surface area contributed by atoms with Crippen LogP contribution in [-0.4, -0.2) is 40.2 Å². The van der Waals surface area contributed by atoms with Gasteiger partial charge in [0.2, 0.25) is 0 Å². The van der Waals surface area contributed by atoms with Crippen LogP contribution in [0.5, 0.6) is 0 Å². The van der Waals surface area contributed by atoms with E-state index in [1.807, 2.05) is 25.1 Å². The molecule has 0 bridgehead atoms. The van der Waals surface area contributed by atoms with E-state index in [1.165, 1.54) is 12.1 Å². The van der Waals surface area contributed by atoms with E-state index in [2.05, 4.69) is 20.2 Å². The first-order valence-electron chi connectivity index (χ1n) is 13.4. The number of pyridine rings is 1. The van der Waals surface area contributed by atoms with Gasteiger partial charge >= 0.3 is 11.9 Å². The molecule has 10 nitrogen and oxygen atoms in total. The van der Waals surface area contributed by atoms with E-state index < -0.39 is 11.9 Å². The van der Waals surface area contributed by atoms with Crippen LogP contribution in [-0.2, 0) is 11.3 Å². The lowest BCUT2D eigenvalue weighted by atomic mass is 9.97. The van der Waals surface area contributed by atoms with Gasteiger partial charge in [-0.05, 0) is 68.1 Å². The van der Waals surface area contributed by atoms with Crippen LogP contribution in [0.1, 0.15) is 29.9 Å². The summed E-state index contributed by atoms with van der Waals surface area (Å²) in [5.41, 5.74) is 5.47. The number of aromatic nitrogens is 3. The smallest absolute Gasteiger partial charge is 0.441 e. The van der Waals surface area contributed by atoms with Crippen molar-refractivity contribution < 1.29 is 22.8 Å². The monoisotopic (exact) mass is 591 g/mol. The number of benzene rings is 2. The van der Waals surface area contributed by atoms with Gasteiger partial charge in [-0.25, -0.2) is 19.0 Å². The van der Waals surface area contributed by atoms with Gasteiger partial charge < -0.3 is 28.8 Å². The first kappa shape index (κ1) is 27.5. The molecule has 12 heteroatoms. The van der Waals surface area contributed by atoms with Crippen LogP contribution >= 0.6 is 11.6 Å². The minimum absolute atomic E-state index is 0.135. The highest BCUT2D eigenvalue weighted by atomic mass is 35.5. The number of carbonyl (C=O) groups is 1. The lowest BCUT2D eigenvalue weighted by Crippen LogP contribution is -2.45. The molecule has 0 unspecified atom stereocenters. The molecule has 0 aliphatic carbocycles. The summed E-state index contributed by atoms with van der Waals surface area (Å²) >= 11 is 6.21. The second kappa shape index (κ2) is 11.3. The summed E-state index contributed by atoms with van der Waals surface area (Å²) in [6.07, 6.45) is 4.15. The Labute approximate surface area is 244 Å². The predicted octanol–water partition coefficient (Wildman–Crippen LogP) is 6.14. The fraction of sp³-hybridized carbons (Fsp3) is 0.267. The molecule has 3 aromatic heterocycles. The number of nitrogens with zero attached hydrogens (tertiary/aromatic N) is 3. The molecule has 4 heterocycles. The summed E-state index contributed by atoms with van der Waals surface area (Å²) < 4.78 is 29.4. The lowest BCUT2D eigenvalue weighted by molar-refractivity contribution is 0.125. The van der Waals surface area contributed by atoms with Crippen LogP contribution in [0.25, 0.3) is 33.5 Å². The number of rotatable bonds is 6. The number of amides is 1. The highest BCUT2D eigenvalue weighted by Crippen LogP contribution is 2.40. The molecule has 0 radical (unpaired) electrons. The number of ether oxygens (including phenoxy) is 1. The maximum absolute atomic E-state index is 14.5. The second-order valence-corrected chi connectivity index (χ2v) is 10.7. The minimum atomic E-state index is -0.839. The number of imidazole rings is 1. The number of aromatic amines is 1. The van der Waals surface area contributed by atoms with Gasteiger partial charge in [-0.2, -0.15) is 0 Å². The van der Waals surface area contributed by atoms with E-state index >= 15 is 0 Å². The molecule has 2 aromatic carbocycles. The van der Waals surface area contributed by atoms with Crippen molar-refractivity contribution >= 4 is 34.4 Å². The third kappa shape index (κ3) is 5.73. The number of alkyl carbamates (subject to hydrolysis) is 1. The molecule has 1 saturated heterocycles. The zero-order chi connectivity index (χ0) is 29.4. The first-order valence-corrected chi connectivity index (χ1v) is 13.8. The van der Waals surface area contributed by atoms with Crippen molar-refractivity contribution in [2.75, 3.05) is 18.0 Å². The zero-order valence-corrected chi connectivity index (χ0v) is 23.6. The van der Waals surface area contributed by atoms with Crippen molar-refractivity contribution in [2.24, 2.45) is 0 Å². The molecule has 6 rings (SSSR count). The van der Waals surface area contributed by atoms with Gasteiger partial charge in [-0.1, -0.05) is 17.7 Å². The van der Waals surface area contributed by atoms with E-state index in [9.17, 15) is 14.0 Å². The third-order valence-corrected chi connectivity index (χ3v) is 7.51. The fourth-order valence-corrected chi connectivity index (χ4v) is 5.45. The van der Waals surface area contributed by atoms with Crippen LogP contribution in [0.15, 0.2) is 62.4 Å². The lowest BCUT2D eigenvalue weighted by Gasteiger charge is -2.35. The molecule has 1 fully saturated rings. The van der Waals surface area contributed by atoms with Gasteiger partial charge in [-0.3, -0.25) is 4.98 Å². The van der Waals surface area contributed by atoms with E-state index in [0.29, 0.717) is 42.3 Å². The van der Waals surface area contributed by atoms with Crippen LogP contribution < -0.4 is 16.0 Å². The van der Waals surface area contributed by atoms with Crippen molar-refractivity contribution in [2.45, 2.75) is 39.3 Å². The third-order valence-electron chi connectivity index (χ3n) is 7.27. The standard InChI is InChI=1S/C30H27ClFN5O5/c1-16-9-18(11-20(32)10-16)22-13-33-14-23(28-35-24-4-3-19(31)12-25(24)36-28)27(22)37-7-5-21(6-8-37)34-29(38)40-15-26-17(2)41-30(39)42-26/h3-4,9-14,21H,5-8,15H2,1-2H3,(H,34,38)(H,35,36). The van der Waals surface area contributed by atoms with Crippen LogP contribution in [0.2, 0.25) is 5.02 Å². The number of halogens is 2. The van der Waals surface area contributed by atoms with Crippen LogP contribution in [0.4, 0.5) is 14.9 Å². The molecule has 1 aliphatic heterocycles. The molecular formula is C30H27ClFN5O5. The van der Waals surface area contributed by atoms with Crippen molar-refractivity contribution in [3.8, 4) is 22.5 Å². The molecule has 5 aromatic rings. The minimum Gasteiger partial charge on any atom is -0.441 e. The van der Waals surface area contributed by atoms with E-state index in [-0.39, 0.29) is 30.0 Å². The topological polar surface area (TPSA) is 126 Å². The van der Waals surface area contributed by atoms with E-state index in [0.717, 1.165) is 33.4 Å². The largest absolute Gasteiger partial charge is 0.519 e. The maximum Gasteiger partial charge on any atom is 0.519 e. The molecular weight excluding hydrogens is 565 g/mol. The Hall–Kier alpha value is -4.64. The van der Waals surface area contributed by atoms with Gasteiger partial charge in [0.1, 0.15) is 11.6 Å². The Morgan fingerprint density at radius 3 is 2.67 bits per heavy atom. The molecule has 0 saturated carbocycles. The average molecular weight is 592 g/mol. The normalized spacial score (nSPS) is 14.0. The van der Waals surface area contributed by atoms with Crippen molar-refractivity contribution in [3.05, 3.63) is 87.3 Å². The molecule has 0 spiro atoms. The van der Waals surface area contributed by atoms with Crippen molar-refractivity contribution in [1.29, 1.82) is 0 Å². The summed E-state index contributed by atoms with van der Waals surface area (Å²) in [7, 11) is 0. The number of nitrogens with one attached hydrogen (secondary N) is 2. The summed E-state index contributed by atoms with van der Waals surface area (Å²) in [6.45, 7) is 4.41. The van der Waals surface area contributed by atoms with Gasteiger partial charge in [-0.15, -0.1) is 0 Å². The molecule has 1 aliphatic rings. The number of piperidine rings is 1. The summed E-state index contributed by atoms with van der Waals surface area (Å²) in [5.74, 6) is -0.108. The summed E-state index contributed by atoms with van der Waals surface area (Å²) in [4.78, 5) is 38.5. The highest BCUT2D eigenvalue weighted by Gasteiger charge is 2.27. The van der Waals surface area contributed by atoms with E-state index in [1.54, 1.807) is 25.4 Å². The zero-order valence-electron chi connectivity index (χ0n) is 22.9. The molecule has 0 atom stereocenters.